The van der Waals surface area contributed by atoms with Gasteiger partial charge in [-0.05, 0) is 24.8 Å². The lowest BCUT2D eigenvalue weighted by molar-refractivity contribution is -0.192. The monoisotopic (exact) mass is 365 g/mol. The molecule has 0 bridgehead atoms. The van der Waals surface area contributed by atoms with Gasteiger partial charge in [-0.25, -0.2) is 4.79 Å². The van der Waals surface area contributed by atoms with Crippen LogP contribution in [0.5, 0.6) is 0 Å². The average molecular weight is 365 g/mol. The Bertz CT molecular complexity index is 571. The number of hydrogen-bond donors (Lipinski definition) is 2. The second-order valence-electron chi connectivity index (χ2n) is 5.92. The Morgan fingerprint density at radius 3 is 2.64 bits per heavy atom. The predicted octanol–water partition coefficient (Wildman–Crippen LogP) is 1.44. The molecule has 3 heterocycles. The molecule has 0 radical (unpaired) electrons. The van der Waals surface area contributed by atoms with Gasteiger partial charge < -0.3 is 19.9 Å². The van der Waals surface area contributed by atoms with E-state index in [2.05, 4.69) is 16.6 Å². The second kappa shape index (κ2) is 8.63. The van der Waals surface area contributed by atoms with E-state index in [1.807, 2.05) is 11.7 Å². The zero-order chi connectivity index (χ0) is 18.4. The largest absolute Gasteiger partial charge is 0.490 e. The van der Waals surface area contributed by atoms with Gasteiger partial charge in [0.25, 0.3) is 0 Å². The highest BCUT2D eigenvalue weighted by Gasteiger charge is 2.38. The number of carboxylic acid groups (broad SMARTS) is 1. The molecule has 0 aromatic carbocycles. The van der Waals surface area contributed by atoms with Gasteiger partial charge in [0.15, 0.2) is 0 Å². The van der Waals surface area contributed by atoms with Gasteiger partial charge in [-0.3, -0.25) is 4.68 Å². The zero-order valence-corrected chi connectivity index (χ0v) is 13.9. The average Bonchev–Trinajstić information content (AvgIpc) is 2.94. The van der Waals surface area contributed by atoms with Crippen LogP contribution in [0.4, 0.5) is 13.2 Å². The topological polar surface area (TPSA) is 85.6 Å². The molecule has 7 nitrogen and oxygen atoms in total. The van der Waals surface area contributed by atoms with Gasteiger partial charge in [0.1, 0.15) is 6.10 Å². The van der Waals surface area contributed by atoms with E-state index >= 15 is 0 Å². The number of fused-ring (bicyclic) bond motifs is 1. The summed E-state index contributed by atoms with van der Waals surface area (Å²) >= 11 is 0. The Morgan fingerprint density at radius 1 is 1.40 bits per heavy atom. The third kappa shape index (κ3) is 5.98. The molecule has 1 saturated heterocycles. The van der Waals surface area contributed by atoms with E-state index < -0.39 is 12.1 Å². The molecule has 25 heavy (non-hydrogen) atoms. The number of ether oxygens (including phenoxy) is 2. The first kappa shape index (κ1) is 19.7. The fourth-order valence-corrected chi connectivity index (χ4v) is 2.74. The smallest absolute Gasteiger partial charge is 0.475 e. The summed E-state index contributed by atoms with van der Waals surface area (Å²) in [6, 6.07) is 0.566. The molecule has 1 atom stereocenters. The molecule has 1 fully saturated rings. The minimum atomic E-state index is -5.08. The van der Waals surface area contributed by atoms with Gasteiger partial charge in [0.05, 0.1) is 12.3 Å². The molecular formula is C15H22F3N3O4. The number of carboxylic acids is 1. The van der Waals surface area contributed by atoms with E-state index in [1.54, 1.807) is 0 Å². The van der Waals surface area contributed by atoms with Crippen molar-refractivity contribution in [2.75, 3.05) is 26.4 Å². The summed E-state index contributed by atoms with van der Waals surface area (Å²) < 4.78 is 44.8. The third-order valence-electron chi connectivity index (χ3n) is 3.99. The van der Waals surface area contributed by atoms with Crippen molar-refractivity contribution in [3.05, 3.63) is 17.5 Å². The maximum Gasteiger partial charge on any atom is 0.490 e. The maximum absolute atomic E-state index is 10.6. The first-order chi connectivity index (χ1) is 11.8. The summed E-state index contributed by atoms with van der Waals surface area (Å²) in [4.78, 5) is 8.90. The first-order valence-corrected chi connectivity index (χ1v) is 8.02. The Kier molecular flexibility index (Phi) is 6.79. The number of aliphatic carboxylic acids is 1. The Balaban J connectivity index is 0.000000277. The second-order valence-corrected chi connectivity index (χ2v) is 5.92. The molecule has 1 aromatic rings. The fourth-order valence-electron chi connectivity index (χ4n) is 2.74. The van der Waals surface area contributed by atoms with E-state index in [1.165, 1.54) is 5.56 Å². The van der Waals surface area contributed by atoms with Gasteiger partial charge in [-0.15, -0.1) is 0 Å². The summed E-state index contributed by atoms with van der Waals surface area (Å²) in [5, 5.41) is 15.2. The molecule has 2 N–H and O–H groups in total. The van der Waals surface area contributed by atoms with E-state index in [0.717, 1.165) is 51.3 Å². The van der Waals surface area contributed by atoms with Crippen LogP contribution < -0.4 is 5.32 Å². The number of carbonyl (C=O) groups is 1. The summed E-state index contributed by atoms with van der Waals surface area (Å²) in [5.41, 5.74) is 2.45. The minimum absolute atomic E-state index is 0.109. The molecule has 1 unspecified atom stereocenters. The van der Waals surface area contributed by atoms with Crippen molar-refractivity contribution >= 4 is 5.97 Å². The quantitative estimate of drug-likeness (QED) is 0.843. The van der Waals surface area contributed by atoms with Crippen LogP contribution in [0.15, 0.2) is 6.20 Å². The minimum Gasteiger partial charge on any atom is -0.475 e. The highest BCUT2D eigenvalue weighted by atomic mass is 19.4. The van der Waals surface area contributed by atoms with Crippen LogP contribution in [-0.4, -0.2) is 59.4 Å². The summed E-state index contributed by atoms with van der Waals surface area (Å²) in [5.74, 6) is -2.76. The van der Waals surface area contributed by atoms with Crippen molar-refractivity contribution in [2.24, 2.45) is 7.05 Å². The highest BCUT2D eigenvalue weighted by Crippen LogP contribution is 2.25. The summed E-state index contributed by atoms with van der Waals surface area (Å²) in [6.07, 6.45) is 0.317. The van der Waals surface area contributed by atoms with Crippen molar-refractivity contribution in [1.82, 2.24) is 15.1 Å². The van der Waals surface area contributed by atoms with Gasteiger partial charge in [-0.2, -0.15) is 18.3 Å². The predicted molar refractivity (Wildman–Crippen MR) is 81.1 cm³/mol. The summed E-state index contributed by atoms with van der Waals surface area (Å²) in [7, 11) is 1.97. The number of hydrogen-bond acceptors (Lipinski definition) is 5. The molecule has 2 aliphatic heterocycles. The number of aromatic nitrogens is 2. The van der Waals surface area contributed by atoms with E-state index in [9.17, 15) is 13.2 Å². The van der Waals surface area contributed by atoms with Gasteiger partial charge in [-0.1, -0.05) is 0 Å². The molecule has 3 rings (SSSR count). The molecule has 0 amide bonds. The van der Waals surface area contributed by atoms with Crippen molar-refractivity contribution in [1.29, 1.82) is 0 Å². The molecule has 142 valence electrons. The Hall–Kier alpha value is -1.65. The van der Waals surface area contributed by atoms with E-state index in [-0.39, 0.29) is 6.10 Å². The lowest BCUT2D eigenvalue weighted by atomic mass is 10.0. The number of alkyl halides is 3. The molecular weight excluding hydrogens is 343 g/mol. The standard InChI is InChI=1S/C13H21N3O2.C2HF3O2/c1-16-9-10-2-7-18-12(13(10)15-16)8-14-11-3-5-17-6-4-11;3-2(4,5)1(6)7/h9,11-12,14H,2-8H2,1H3;(H,6,7). The van der Waals surface area contributed by atoms with Crippen LogP contribution in [0.25, 0.3) is 0 Å². The lowest BCUT2D eigenvalue weighted by Gasteiger charge is -2.27. The van der Waals surface area contributed by atoms with Crippen LogP contribution >= 0.6 is 0 Å². The number of rotatable bonds is 3. The maximum atomic E-state index is 10.6. The molecule has 0 spiro atoms. The van der Waals surface area contributed by atoms with Gasteiger partial charge >= 0.3 is 12.1 Å². The SMILES string of the molecule is Cn1cc2c(n1)C(CNC1CCOCC1)OCC2.O=C(O)C(F)(F)F. The van der Waals surface area contributed by atoms with Crippen molar-refractivity contribution in [2.45, 2.75) is 37.6 Å². The number of halogens is 3. The third-order valence-corrected chi connectivity index (χ3v) is 3.99. The molecule has 0 saturated carbocycles. The lowest BCUT2D eigenvalue weighted by Crippen LogP contribution is -2.38. The first-order valence-electron chi connectivity index (χ1n) is 8.02. The summed E-state index contributed by atoms with van der Waals surface area (Å²) in [6.45, 7) is 3.41. The van der Waals surface area contributed by atoms with Crippen molar-refractivity contribution < 1.29 is 32.5 Å². The van der Waals surface area contributed by atoms with E-state index in [0.29, 0.717) is 6.04 Å². The van der Waals surface area contributed by atoms with Gasteiger partial charge in [0.2, 0.25) is 0 Å². The van der Waals surface area contributed by atoms with Crippen LogP contribution in [0.1, 0.15) is 30.2 Å². The molecule has 0 aliphatic carbocycles. The van der Waals surface area contributed by atoms with E-state index in [4.69, 9.17) is 19.4 Å². The van der Waals surface area contributed by atoms with Crippen molar-refractivity contribution in [3.8, 4) is 0 Å². The number of nitrogens with one attached hydrogen (secondary N) is 1. The normalized spacial score (nSPS) is 21.2. The van der Waals surface area contributed by atoms with Crippen LogP contribution in [0.3, 0.4) is 0 Å². The molecule has 10 heteroatoms. The van der Waals surface area contributed by atoms with Crippen LogP contribution in [-0.2, 0) is 27.7 Å². The molecule has 1 aromatic heterocycles. The molecule has 2 aliphatic rings. The van der Waals surface area contributed by atoms with Crippen LogP contribution in [0.2, 0.25) is 0 Å². The zero-order valence-electron chi connectivity index (χ0n) is 13.9. The highest BCUT2D eigenvalue weighted by molar-refractivity contribution is 5.73. The Labute approximate surface area is 143 Å². The number of aryl methyl sites for hydroxylation is 1. The van der Waals surface area contributed by atoms with Gasteiger partial charge in [0, 0.05) is 39.0 Å². The van der Waals surface area contributed by atoms with Crippen LogP contribution in [0, 0.1) is 0 Å². The van der Waals surface area contributed by atoms with Crippen molar-refractivity contribution in [3.63, 3.8) is 0 Å². The number of nitrogens with zero attached hydrogens (tertiary/aromatic N) is 2. The Morgan fingerprint density at radius 2 is 2.04 bits per heavy atom. The fraction of sp³-hybridized carbons (Fsp3) is 0.733.